The minimum absolute atomic E-state index is 0.0105. The largest absolute Gasteiger partial charge is 0.487 e. The third kappa shape index (κ3) is 11.0. The minimum Gasteiger partial charge on any atom is -0.487 e. The maximum atomic E-state index is 13.3. The number of ether oxygens (including phenoxy) is 5. The molecule has 5 heterocycles. The predicted molar refractivity (Wildman–Crippen MR) is 210 cm³/mol. The standard InChI is InChI=1S/C44H52N2O10/c1-9-15-36(47)43(4,5)38-20-13-19-34-35(55-34)24-23-29(50-8)25-41-46-31(27-52-41)42(49)56-39(44(6,7)37(48)16-10-2)21-14-18-33-32(54-33)17-11-12-22-40-45-30(26-51-40)28(3)53-38/h9-19,22-24,26-27,29,32-35,38-39H,3,20-21,25H2,1-2,4-8H3/b15-9+,16-10+,17-11+,18-14-,19-13-,22-12-,24-23+/t29-,32-,33+,34?,35?,38-,39-/m0/s1. The van der Waals surface area contributed by atoms with Crippen molar-refractivity contribution in [3.63, 3.8) is 0 Å². The number of hydrogen-bond donors (Lipinski definition) is 0. The van der Waals surface area contributed by atoms with E-state index in [0.29, 0.717) is 18.0 Å². The average Bonchev–Trinajstić information content (AvgIpc) is 3.96. The Morgan fingerprint density at radius 3 is 1.95 bits per heavy atom. The van der Waals surface area contributed by atoms with Gasteiger partial charge in [0.05, 0.1) is 23.4 Å². The molecular weight excluding hydrogens is 716 g/mol. The molecule has 3 aliphatic rings. The minimum atomic E-state index is -1.03. The molecule has 2 saturated heterocycles. The van der Waals surface area contributed by atoms with Crippen molar-refractivity contribution in [3.8, 4) is 0 Å². The Balaban J connectivity index is 1.37. The number of fused-ring (bicyclic) bond motifs is 6. The Hall–Kier alpha value is -5.17. The van der Waals surface area contributed by atoms with Gasteiger partial charge in [-0.3, -0.25) is 9.59 Å². The van der Waals surface area contributed by atoms with Crippen LogP contribution in [0.5, 0.6) is 0 Å². The van der Waals surface area contributed by atoms with Crippen LogP contribution in [0.2, 0.25) is 0 Å². The van der Waals surface area contributed by atoms with Crippen LogP contribution >= 0.6 is 0 Å². The summed E-state index contributed by atoms with van der Waals surface area (Å²) in [5, 5.41) is 0. The van der Waals surface area contributed by atoms with Gasteiger partial charge in [-0.25, -0.2) is 14.8 Å². The third-order valence-electron chi connectivity index (χ3n) is 9.94. The number of epoxide rings is 2. The highest BCUT2D eigenvalue weighted by Crippen LogP contribution is 2.34. The van der Waals surface area contributed by atoms with Gasteiger partial charge in [0.2, 0.25) is 5.89 Å². The van der Waals surface area contributed by atoms with Crippen molar-refractivity contribution in [2.45, 2.75) is 104 Å². The number of oxazole rings is 2. The Bertz CT molecular complexity index is 1940. The topological polar surface area (TPSA) is 156 Å². The van der Waals surface area contributed by atoms with Crippen molar-refractivity contribution in [1.29, 1.82) is 0 Å². The number of esters is 1. The van der Waals surface area contributed by atoms with Crippen molar-refractivity contribution >= 4 is 29.4 Å². The molecule has 2 aromatic heterocycles. The molecule has 0 aliphatic carbocycles. The molecule has 12 heteroatoms. The van der Waals surface area contributed by atoms with E-state index in [0.717, 1.165) is 0 Å². The van der Waals surface area contributed by atoms with E-state index in [9.17, 15) is 14.4 Å². The van der Waals surface area contributed by atoms with Crippen molar-refractivity contribution < 1.29 is 46.9 Å². The first-order valence-electron chi connectivity index (χ1n) is 18.8. The molecule has 12 nitrogen and oxygen atoms in total. The molecule has 3 aliphatic heterocycles. The number of ketones is 2. The summed E-state index contributed by atoms with van der Waals surface area (Å²) in [4.78, 5) is 48.4. The summed E-state index contributed by atoms with van der Waals surface area (Å²) in [6.45, 7) is 14.8. The zero-order chi connectivity index (χ0) is 40.5. The molecule has 0 N–H and O–H groups in total. The van der Waals surface area contributed by atoms with E-state index in [4.69, 9.17) is 32.5 Å². The highest BCUT2D eigenvalue weighted by molar-refractivity contribution is 5.95. The Morgan fingerprint density at radius 1 is 0.768 bits per heavy atom. The fourth-order valence-corrected chi connectivity index (χ4v) is 5.95. The van der Waals surface area contributed by atoms with E-state index in [2.05, 4.69) is 16.5 Å². The van der Waals surface area contributed by atoms with Gasteiger partial charge in [-0.2, -0.15) is 0 Å². The van der Waals surface area contributed by atoms with Crippen molar-refractivity contribution in [2.75, 3.05) is 7.11 Å². The van der Waals surface area contributed by atoms with Gasteiger partial charge >= 0.3 is 5.97 Å². The quantitative estimate of drug-likeness (QED) is 0.117. The second-order valence-electron chi connectivity index (χ2n) is 14.9. The van der Waals surface area contributed by atoms with E-state index in [1.807, 2.05) is 62.5 Å². The molecule has 2 aromatic rings. The maximum Gasteiger partial charge on any atom is 0.360 e. The molecule has 298 valence electrons. The molecule has 4 bridgehead atoms. The molecule has 5 rings (SSSR count). The molecule has 0 spiro atoms. The molecule has 7 atom stereocenters. The van der Waals surface area contributed by atoms with Gasteiger partial charge in [0.15, 0.2) is 23.2 Å². The summed E-state index contributed by atoms with van der Waals surface area (Å²) in [6, 6.07) is 0. The highest BCUT2D eigenvalue weighted by atomic mass is 16.6. The van der Waals surface area contributed by atoms with Crippen molar-refractivity contribution in [1.82, 2.24) is 9.97 Å². The number of cyclic esters (lactones) is 1. The van der Waals surface area contributed by atoms with Crippen LogP contribution in [0.4, 0.5) is 0 Å². The monoisotopic (exact) mass is 768 g/mol. The lowest BCUT2D eigenvalue weighted by molar-refractivity contribution is -0.128. The molecule has 0 aromatic carbocycles. The number of rotatable bonds is 7. The van der Waals surface area contributed by atoms with Crippen LogP contribution in [-0.4, -0.2) is 77.3 Å². The van der Waals surface area contributed by atoms with E-state index < -0.39 is 35.1 Å². The number of methoxy groups -OCH3 is 1. The highest BCUT2D eigenvalue weighted by Gasteiger charge is 2.40. The van der Waals surface area contributed by atoms with E-state index >= 15 is 0 Å². The normalized spacial score (nSPS) is 29.6. The maximum absolute atomic E-state index is 13.3. The molecule has 2 fully saturated rings. The molecular formula is C44H52N2O10. The number of aromatic nitrogens is 2. The van der Waals surface area contributed by atoms with Gasteiger partial charge < -0.3 is 32.5 Å². The van der Waals surface area contributed by atoms with Crippen LogP contribution in [0.25, 0.3) is 11.8 Å². The Kier molecular flexibility index (Phi) is 14.0. The number of carbonyl (C=O) groups excluding carboxylic acids is 3. The van der Waals surface area contributed by atoms with E-state index in [-0.39, 0.29) is 66.2 Å². The molecule has 0 radical (unpaired) electrons. The van der Waals surface area contributed by atoms with Crippen molar-refractivity contribution in [3.05, 3.63) is 121 Å². The number of allylic oxidation sites excluding steroid dienone is 6. The van der Waals surface area contributed by atoms with Crippen LogP contribution in [0.3, 0.4) is 0 Å². The zero-order valence-corrected chi connectivity index (χ0v) is 33.1. The second-order valence-corrected chi connectivity index (χ2v) is 14.9. The fraction of sp³-hybridized carbons (Fsp3) is 0.432. The van der Waals surface area contributed by atoms with E-state index in [1.54, 1.807) is 65.2 Å². The first-order valence-corrected chi connectivity index (χ1v) is 18.8. The lowest BCUT2D eigenvalue weighted by Gasteiger charge is -2.32. The van der Waals surface area contributed by atoms with Gasteiger partial charge in [0.25, 0.3) is 0 Å². The van der Waals surface area contributed by atoms with Crippen molar-refractivity contribution in [2.24, 2.45) is 10.8 Å². The van der Waals surface area contributed by atoms with Gasteiger partial charge in [-0.1, -0.05) is 73.4 Å². The average molecular weight is 769 g/mol. The lowest BCUT2D eigenvalue weighted by Crippen LogP contribution is -2.39. The molecule has 0 amide bonds. The molecule has 0 saturated carbocycles. The predicted octanol–water partition coefficient (Wildman–Crippen LogP) is 7.71. The zero-order valence-electron chi connectivity index (χ0n) is 33.1. The molecule has 2 unspecified atom stereocenters. The molecule has 56 heavy (non-hydrogen) atoms. The van der Waals surface area contributed by atoms with Crippen LogP contribution < -0.4 is 0 Å². The smallest absolute Gasteiger partial charge is 0.360 e. The van der Waals surface area contributed by atoms with Gasteiger partial charge in [0.1, 0.15) is 60.6 Å². The summed E-state index contributed by atoms with van der Waals surface area (Å²) >= 11 is 0. The first-order chi connectivity index (χ1) is 26.8. The number of nitrogens with zero attached hydrogens (tertiary/aromatic N) is 2. The lowest BCUT2D eigenvalue weighted by atomic mass is 9.80. The van der Waals surface area contributed by atoms with Crippen LogP contribution in [0, 0.1) is 10.8 Å². The summed E-state index contributed by atoms with van der Waals surface area (Å²) in [5.74, 6) is -0.0444. The Labute approximate surface area is 328 Å². The SMILES string of the molecule is C=C1O[C@H](C(C)(C)C(=O)/C=C/C)C/C=C\C2OC2/C=C/[C@H](OC)Cc2nc(co2)C(=O)O[C@H](C(C)(C)C(=O)/C=C/C)C/C=C\[C@H]2O[C@H]2/C=C/C=C\c2nc1co2. The van der Waals surface area contributed by atoms with Gasteiger partial charge in [-0.05, 0) is 53.7 Å². The number of hydrogen-bond acceptors (Lipinski definition) is 12. The van der Waals surface area contributed by atoms with Gasteiger partial charge in [-0.15, -0.1) is 0 Å². The fourth-order valence-electron chi connectivity index (χ4n) is 5.95. The summed E-state index contributed by atoms with van der Waals surface area (Å²) in [5.41, 5.74) is -1.51. The third-order valence-corrected chi connectivity index (χ3v) is 9.94. The summed E-state index contributed by atoms with van der Waals surface area (Å²) < 4.78 is 40.8. The number of carbonyl (C=O) groups is 3. The Morgan fingerprint density at radius 2 is 1.34 bits per heavy atom. The second kappa shape index (κ2) is 18.6. The summed E-state index contributed by atoms with van der Waals surface area (Å²) in [7, 11) is 1.57. The first kappa shape index (κ1) is 42.0. The van der Waals surface area contributed by atoms with Crippen LogP contribution in [0.15, 0.2) is 107 Å². The van der Waals surface area contributed by atoms with Crippen LogP contribution in [0.1, 0.15) is 82.3 Å². The van der Waals surface area contributed by atoms with Gasteiger partial charge in [0, 0.05) is 26.0 Å². The van der Waals surface area contributed by atoms with E-state index in [1.165, 1.54) is 18.6 Å². The van der Waals surface area contributed by atoms with Crippen LogP contribution in [-0.2, 0) is 39.7 Å². The summed E-state index contributed by atoms with van der Waals surface area (Å²) in [6.07, 6.45) is 26.2.